The van der Waals surface area contributed by atoms with E-state index >= 15 is 0 Å². The van der Waals surface area contributed by atoms with Crippen molar-refractivity contribution in [3.8, 4) is 0 Å². The van der Waals surface area contributed by atoms with Crippen LogP contribution < -0.4 is 9.62 Å². The Bertz CT molecular complexity index is 1030. The molecule has 9 heteroatoms. The molecule has 3 amide bonds. The van der Waals surface area contributed by atoms with Crippen LogP contribution in [0.5, 0.6) is 0 Å². The van der Waals surface area contributed by atoms with Gasteiger partial charge >= 0.3 is 6.03 Å². The number of hydrogen-bond acceptors (Lipinski definition) is 4. The molecule has 0 spiro atoms. The second-order valence-electron chi connectivity index (χ2n) is 7.23. The van der Waals surface area contributed by atoms with E-state index < -0.39 is 16.1 Å². The minimum Gasteiger partial charge on any atom is -0.312 e. The summed E-state index contributed by atoms with van der Waals surface area (Å²) in [6.45, 7) is 0.334. The van der Waals surface area contributed by atoms with Gasteiger partial charge in [-0.2, -0.15) is 0 Å². The van der Waals surface area contributed by atoms with Gasteiger partial charge in [0.05, 0.1) is 11.4 Å². The Kier molecular flexibility index (Phi) is 5.46. The molecule has 4 rings (SSSR count). The topological polar surface area (TPSA) is 86.8 Å². The van der Waals surface area contributed by atoms with Gasteiger partial charge in [-0.05, 0) is 42.7 Å². The second kappa shape index (κ2) is 7.89. The Hall–Kier alpha value is -2.23. The highest BCUT2D eigenvalue weighted by Crippen LogP contribution is 2.31. The molecule has 2 atom stereocenters. The quantitative estimate of drug-likeness (QED) is 0.670. The summed E-state index contributed by atoms with van der Waals surface area (Å²) in [6, 6.07) is 14.5. The minimum absolute atomic E-state index is 0.114. The van der Waals surface area contributed by atoms with Gasteiger partial charge in [-0.1, -0.05) is 46.3 Å². The number of nitrogens with one attached hydrogen (secondary N) is 1. The Morgan fingerprint density at radius 1 is 1.03 bits per heavy atom. The van der Waals surface area contributed by atoms with Gasteiger partial charge in [0.1, 0.15) is 6.04 Å². The van der Waals surface area contributed by atoms with Gasteiger partial charge in [0.2, 0.25) is 10.0 Å². The highest BCUT2D eigenvalue weighted by molar-refractivity contribution is 9.10. The van der Waals surface area contributed by atoms with Crippen molar-refractivity contribution in [3.05, 3.63) is 64.6 Å². The van der Waals surface area contributed by atoms with Crippen LogP contribution in [0.1, 0.15) is 18.4 Å². The van der Waals surface area contributed by atoms with E-state index in [-0.39, 0.29) is 30.2 Å². The number of carbonyl (C=O) groups is 2. The molecule has 2 heterocycles. The Morgan fingerprint density at radius 3 is 2.41 bits per heavy atom. The number of benzene rings is 2. The molecular weight excluding hydrogens is 458 g/mol. The first-order valence-electron chi connectivity index (χ1n) is 9.28. The Balaban J connectivity index is 1.46. The van der Waals surface area contributed by atoms with Crippen LogP contribution in [0.25, 0.3) is 0 Å². The number of piperidine rings is 1. The van der Waals surface area contributed by atoms with Crippen molar-refractivity contribution in [1.29, 1.82) is 0 Å². The fourth-order valence-electron chi connectivity index (χ4n) is 3.82. The zero-order valence-corrected chi connectivity index (χ0v) is 17.9. The number of fused-ring (bicyclic) bond motifs is 1. The summed E-state index contributed by atoms with van der Waals surface area (Å²) in [5.74, 6) is -0.430. The summed E-state index contributed by atoms with van der Waals surface area (Å²) in [7, 11) is -3.55. The predicted molar refractivity (Wildman–Crippen MR) is 113 cm³/mol. The van der Waals surface area contributed by atoms with Gasteiger partial charge in [-0.15, -0.1) is 0 Å². The summed E-state index contributed by atoms with van der Waals surface area (Å²) in [6.07, 6.45) is 0.739. The number of carbonyl (C=O) groups excluding carboxylic acids is 2. The van der Waals surface area contributed by atoms with Crippen molar-refractivity contribution in [3.63, 3.8) is 0 Å². The molecule has 0 bridgehead atoms. The SMILES string of the molecule is O=C1[C@@H]2C[C@@H](NS(=O)(=O)Cc3ccccc3)CCN2C(=O)N1c1ccc(Br)cc1. The van der Waals surface area contributed by atoms with E-state index in [0.717, 1.165) is 4.47 Å². The van der Waals surface area contributed by atoms with E-state index in [1.165, 1.54) is 9.80 Å². The van der Waals surface area contributed by atoms with Crippen molar-refractivity contribution in [2.45, 2.75) is 30.7 Å². The summed E-state index contributed by atoms with van der Waals surface area (Å²) >= 11 is 3.34. The molecule has 0 radical (unpaired) electrons. The average Bonchev–Trinajstić information content (AvgIpc) is 2.93. The summed E-state index contributed by atoms with van der Waals surface area (Å²) in [5, 5.41) is 0. The van der Waals surface area contributed by atoms with E-state index in [2.05, 4.69) is 20.7 Å². The van der Waals surface area contributed by atoms with Crippen LogP contribution in [-0.4, -0.2) is 43.9 Å². The van der Waals surface area contributed by atoms with Gasteiger partial charge in [-0.25, -0.2) is 22.8 Å². The van der Waals surface area contributed by atoms with Crippen LogP contribution in [0.3, 0.4) is 0 Å². The molecule has 2 aliphatic heterocycles. The maximum atomic E-state index is 12.9. The first-order chi connectivity index (χ1) is 13.8. The lowest BCUT2D eigenvalue weighted by Gasteiger charge is -2.32. The fraction of sp³-hybridized carbons (Fsp3) is 0.300. The van der Waals surface area contributed by atoms with Crippen molar-refractivity contribution >= 4 is 43.6 Å². The second-order valence-corrected chi connectivity index (χ2v) is 9.90. The number of rotatable bonds is 5. The zero-order chi connectivity index (χ0) is 20.6. The molecule has 2 aliphatic rings. The molecule has 0 saturated carbocycles. The maximum Gasteiger partial charge on any atom is 0.332 e. The fourth-order valence-corrected chi connectivity index (χ4v) is 5.53. The third-order valence-corrected chi connectivity index (χ3v) is 7.11. The number of anilines is 1. The van der Waals surface area contributed by atoms with E-state index in [1.54, 1.807) is 48.5 Å². The molecule has 0 unspecified atom stereocenters. The monoisotopic (exact) mass is 477 g/mol. The smallest absolute Gasteiger partial charge is 0.312 e. The molecule has 2 fully saturated rings. The Morgan fingerprint density at radius 2 is 1.72 bits per heavy atom. The number of amides is 3. The van der Waals surface area contributed by atoms with Crippen molar-refractivity contribution in [2.75, 3.05) is 11.4 Å². The third-order valence-electron chi connectivity index (χ3n) is 5.18. The van der Waals surface area contributed by atoms with Gasteiger partial charge in [0, 0.05) is 17.1 Å². The Labute approximate surface area is 177 Å². The molecule has 7 nitrogen and oxygen atoms in total. The first-order valence-corrected chi connectivity index (χ1v) is 11.7. The number of hydrogen-bond donors (Lipinski definition) is 1. The molecular formula is C20H20BrN3O4S. The highest BCUT2D eigenvalue weighted by atomic mass is 79.9. The van der Waals surface area contributed by atoms with Crippen LogP contribution in [0, 0.1) is 0 Å². The van der Waals surface area contributed by atoms with Crippen molar-refractivity contribution in [2.24, 2.45) is 0 Å². The van der Waals surface area contributed by atoms with E-state index in [1.807, 2.05) is 6.07 Å². The van der Waals surface area contributed by atoms with Gasteiger partial charge < -0.3 is 4.90 Å². The molecule has 152 valence electrons. The standard InChI is InChI=1S/C20H20BrN3O4S/c21-15-6-8-17(9-7-15)24-19(25)18-12-16(10-11-23(18)20(24)26)22-29(27,28)13-14-4-2-1-3-5-14/h1-9,16,18,22H,10-13H2/t16-,18-/m0/s1. The van der Waals surface area contributed by atoms with Gasteiger partial charge in [-0.3, -0.25) is 4.79 Å². The molecule has 0 aromatic heterocycles. The molecule has 1 N–H and O–H groups in total. The van der Waals surface area contributed by atoms with Crippen LogP contribution in [-0.2, 0) is 20.6 Å². The zero-order valence-electron chi connectivity index (χ0n) is 15.5. The molecule has 2 saturated heterocycles. The summed E-state index contributed by atoms with van der Waals surface area (Å²) < 4.78 is 28.6. The van der Waals surface area contributed by atoms with E-state index in [9.17, 15) is 18.0 Å². The van der Waals surface area contributed by atoms with Crippen LogP contribution in [0.15, 0.2) is 59.1 Å². The number of halogens is 1. The first kappa shape index (κ1) is 20.1. The van der Waals surface area contributed by atoms with E-state index in [0.29, 0.717) is 24.2 Å². The van der Waals surface area contributed by atoms with Crippen LogP contribution in [0.4, 0.5) is 10.5 Å². The number of nitrogens with zero attached hydrogens (tertiary/aromatic N) is 2. The third kappa shape index (κ3) is 4.22. The highest BCUT2D eigenvalue weighted by Gasteiger charge is 2.48. The number of urea groups is 1. The van der Waals surface area contributed by atoms with Crippen LogP contribution >= 0.6 is 15.9 Å². The normalized spacial score (nSPS) is 22.1. The minimum atomic E-state index is -3.55. The number of imide groups is 1. The van der Waals surface area contributed by atoms with E-state index in [4.69, 9.17) is 0 Å². The number of sulfonamides is 1. The lowest BCUT2D eigenvalue weighted by atomic mass is 9.99. The molecule has 29 heavy (non-hydrogen) atoms. The van der Waals surface area contributed by atoms with Crippen molar-refractivity contribution < 1.29 is 18.0 Å². The lowest BCUT2D eigenvalue weighted by Crippen LogP contribution is -2.49. The van der Waals surface area contributed by atoms with Crippen molar-refractivity contribution in [1.82, 2.24) is 9.62 Å². The maximum absolute atomic E-state index is 12.9. The summed E-state index contributed by atoms with van der Waals surface area (Å²) in [5.41, 5.74) is 1.21. The van der Waals surface area contributed by atoms with Gasteiger partial charge in [0.15, 0.2) is 0 Å². The largest absolute Gasteiger partial charge is 0.332 e. The molecule has 2 aromatic rings. The van der Waals surface area contributed by atoms with Gasteiger partial charge in [0.25, 0.3) is 5.91 Å². The average molecular weight is 478 g/mol. The van der Waals surface area contributed by atoms with Crippen LogP contribution in [0.2, 0.25) is 0 Å². The molecule has 2 aromatic carbocycles. The lowest BCUT2D eigenvalue weighted by molar-refractivity contribution is -0.120. The molecule has 0 aliphatic carbocycles. The predicted octanol–water partition coefficient (Wildman–Crippen LogP) is 2.87. The summed E-state index contributed by atoms with van der Waals surface area (Å²) in [4.78, 5) is 28.4.